The van der Waals surface area contributed by atoms with Crippen LogP contribution in [0.5, 0.6) is 0 Å². The molecular formula is C12H12ClN3O2. The Morgan fingerprint density at radius 1 is 1.50 bits per heavy atom. The number of methoxy groups -OCH3 is 1. The Balaban J connectivity index is 2.66. The third-order valence-electron chi connectivity index (χ3n) is 2.58. The predicted molar refractivity (Wildman–Crippen MR) is 69.4 cm³/mol. The van der Waals surface area contributed by atoms with Gasteiger partial charge >= 0.3 is 5.97 Å². The number of nitrogens with two attached hydrogens (primary N) is 1. The van der Waals surface area contributed by atoms with Gasteiger partial charge in [0.05, 0.1) is 12.7 Å². The van der Waals surface area contributed by atoms with Crippen molar-refractivity contribution < 1.29 is 9.53 Å². The molecule has 1 aromatic carbocycles. The topological polar surface area (TPSA) is 70.1 Å². The first-order valence-corrected chi connectivity index (χ1v) is 5.59. The lowest BCUT2D eigenvalue weighted by Crippen LogP contribution is -2.04. The molecule has 1 heterocycles. The van der Waals surface area contributed by atoms with Crippen LogP contribution in [0.2, 0.25) is 5.02 Å². The Morgan fingerprint density at radius 3 is 2.83 bits per heavy atom. The smallest absolute Gasteiger partial charge is 0.359 e. The number of benzene rings is 1. The summed E-state index contributed by atoms with van der Waals surface area (Å²) in [4.78, 5) is 11.7. The highest BCUT2D eigenvalue weighted by molar-refractivity contribution is 6.30. The Bertz CT molecular complexity index is 607. The van der Waals surface area contributed by atoms with E-state index in [0.29, 0.717) is 16.4 Å². The predicted octanol–water partition coefficient (Wildman–Crippen LogP) is 2.11. The largest absolute Gasteiger partial charge is 0.464 e. The van der Waals surface area contributed by atoms with E-state index >= 15 is 0 Å². The first-order valence-electron chi connectivity index (χ1n) is 5.21. The number of halogens is 1. The van der Waals surface area contributed by atoms with Gasteiger partial charge < -0.3 is 10.5 Å². The Kier molecular flexibility index (Phi) is 3.25. The van der Waals surface area contributed by atoms with Crippen molar-refractivity contribution in [2.24, 2.45) is 7.05 Å². The second kappa shape index (κ2) is 4.70. The summed E-state index contributed by atoms with van der Waals surface area (Å²) in [5.74, 6) is -0.144. The zero-order chi connectivity index (χ0) is 13.3. The maximum Gasteiger partial charge on any atom is 0.359 e. The molecule has 0 aliphatic rings. The number of aryl methyl sites for hydroxylation is 1. The average Bonchev–Trinajstić information content (AvgIpc) is 2.65. The molecule has 0 unspecified atom stereocenters. The molecule has 2 rings (SSSR count). The van der Waals surface area contributed by atoms with Gasteiger partial charge in [-0.25, -0.2) is 4.79 Å². The number of anilines is 1. The number of hydrogen-bond acceptors (Lipinski definition) is 4. The van der Waals surface area contributed by atoms with Crippen LogP contribution in [0.15, 0.2) is 24.3 Å². The van der Waals surface area contributed by atoms with E-state index in [1.807, 2.05) is 6.07 Å². The maximum absolute atomic E-state index is 11.7. The zero-order valence-electron chi connectivity index (χ0n) is 9.98. The third-order valence-corrected chi connectivity index (χ3v) is 2.82. The molecule has 0 aliphatic carbocycles. The van der Waals surface area contributed by atoms with E-state index in [0.717, 1.165) is 5.56 Å². The van der Waals surface area contributed by atoms with Gasteiger partial charge in [0.15, 0.2) is 5.69 Å². The van der Waals surface area contributed by atoms with Crippen molar-refractivity contribution in [3.05, 3.63) is 35.0 Å². The quantitative estimate of drug-likeness (QED) is 0.845. The first kappa shape index (κ1) is 12.4. The van der Waals surface area contributed by atoms with Crippen LogP contribution in [0, 0.1) is 0 Å². The molecule has 18 heavy (non-hydrogen) atoms. The van der Waals surface area contributed by atoms with Gasteiger partial charge in [-0.1, -0.05) is 23.7 Å². The average molecular weight is 266 g/mol. The molecule has 94 valence electrons. The summed E-state index contributed by atoms with van der Waals surface area (Å²) in [6.07, 6.45) is 0. The minimum absolute atomic E-state index is 0.180. The van der Waals surface area contributed by atoms with Crippen LogP contribution in [0.3, 0.4) is 0 Å². The van der Waals surface area contributed by atoms with Crippen LogP contribution in [-0.2, 0) is 11.8 Å². The van der Waals surface area contributed by atoms with Crippen molar-refractivity contribution in [1.82, 2.24) is 9.78 Å². The molecule has 0 saturated heterocycles. The van der Waals surface area contributed by atoms with Gasteiger partial charge in [0, 0.05) is 12.1 Å². The molecule has 2 aromatic rings. The number of nitrogen functional groups attached to an aromatic ring is 1. The van der Waals surface area contributed by atoms with Crippen LogP contribution >= 0.6 is 11.6 Å². The molecule has 1 aromatic heterocycles. The zero-order valence-corrected chi connectivity index (χ0v) is 10.7. The monoisotopic (exact) mass is 265 g/mol. The molecule has 2 N–H and O–H groups in total. The molecule has 0 saturated carbocycles. The highest BCUT2D eigenvalue weighted by Crippen LogP contribution is 2.31. The van der Waals surface area contributed by atoms with E-state index in [4.69, 9.17) is 22.1 Å². The molecule has 0 fully saturated rings. The van der Waals surface area contributed by atoms with E-state index in [9.17, 15) is 4.79 Å². The number of esters is 1. The van der Waals surface area contributed by atoms with Crippen LogP contribution in [0.25, 0.3) is 11.1 Å². The fourth-order valence-corrected chi connectivity index (χ4v) is 1.90. The van der Waals surface area contributed by atoms with Crippen LogP contribution in [0.4, 0.5) is 5.82 Å². The lowest BCUT2D eigenvalue weighted by Gasteiger charge is -2.03. The second-order valence-corrected chi connectivity index (χ2v) is 4.17. The summed E-state index contributed by atoms with van der Waals surface area (Å²) in [6.45, 7) is 0. The maximum atomic E-state index is 11.7. The Hall–Kier alpha value is -2.01. The molecule has 0 amide bonds. The van der Waals surface area contributed by atoms with Crippen molar-refractivity contribution in [2.75, 3.05) is 12.8 Å². The van der Waals surface area contributed by atoms with E-state index in [1.54, 1.807) is 25.2 Å². The minimum atomic E-state index is -0.530. The Labute approximate surface area is 109 Å². The van der Waals surface area contributed by atoms with Gasteiger partial charge in [-0.15, -0.1) is 0 Å². The number of carbonyl (C=O) groups excluding carboxylic acids is 1. The van der Waals surface area contributed by atoms with Crippen LogP contribution < -0.4 is 5.73 Å². The van der Waals surface area contributed by atoms with Gasteiger partial charge in [0.1, 0.15) is 5.82 Å². The van der Waals surface area contributed by atoms with Crippen molar-refractivity contribution in [1.29, 1.82) is 0 Å². The van der Waals surface area contributed by atoms with E-state index in [2.05, 4.69) is 5.10 Å². The van der Waals surface area contributed by atoms with Gasteiger partial charge in [-0.2, -0.15) is 5.10 Å². The van der Waals surface area contributed by atoms with Crippen molar-refractivity contribution in [2.45, 2.75) is 0 Å². The third kappa shape index (κ3) is 2.04. The van der Waals surface area contributed by atoms with E-state index < -0.39 is 5.97 Å². The van der Waals surface area contributed by atoms with E-state index in [1.165, 1.54) is 11.8 Å². The van der Waals surface area contributed by atoms with Crippen LogP contribution in [0.1, 0.15) is 10.5 Å². The highest BCUT2D eigenvalue weighted by Gasteiger charge is 2.22. The Morgan fingerprint density at radius 2 is 2.22 bits per heavy atom. The first-order chi connectivity index (χ1) is 8.54. The summed E-state index contributed by atoms with van der Waals surface area (Å²) in [7, 11) is 2.96. The summed E-state index contributed by atoms with van der Waals surface area (Å²) < 4.78 is 6.13. The number of ether oxygens (including phenoxy) is 1. The molecule has 0 bridgehead atoms. The summed E-state index contributed by atoms with van der Waals surface area (Å²) in [5.41, 5.74) is 7.37. The summed E-state index contributed by atoms with van der Waals surface area (Å²) in [6, 6.07) is 7.06. The van der Waals surface area contributed by atoms with Gasteiger partial charge in [-0.3, -0.25) is 4.68 Å². The molecular weight excluding hydrogens is 254 g/mol. The van der Waals surface area contributed by atoms with Crippen molar-refractivity contribution in [3.63, 3.8) is 0 Å². The SMILES string of the molecule is COC(=O)c1nn(C)c(N)c1-c1cccc(Cl)c1. The number of carbonyl (C=O) groups is 1. The number of nitrogens with zero attached hydrogens (tertiary/aromatic N) is 2. The lowest BCUT2D eigenvalue weighted by molar-refractivity contribution is 0.0594. The molecule has 5 nitrogen and oxygen atoms in total. The van der Waals surface area contributed by atoms with E-state index in [-0.39, 0.29) is 5.69 Å². The standard InChI is InChI=1S/C12H12ClN3O2/c1-16-11(14)9(10(15-16)12(17)18-2)7-4-3-5-8(13)6-7/h3-6H,14H2,1-2H3. The fourth-order valence-electron chi connectivity index (χ4n) is 1.71. The van der Waals surface area contributed by atoms with Crippen molar-refractivity contribution in [3.8, 4) is 11.1 Å². The second-order valence-electron chi connectivity index (χ2n) is 3.73. The number of rotatable bonds is 2. The minimum Gasteiger partial charge on any atom is -0.464 e. The lowest BCUT2D eigenvalue weighted by atomic mass is 10.1. The molecule has 6 heteroatoms. The molecule has 0 atom stereocenters. The molecule has 0 aliphatic heterocycles. The van der Waals surface area contributed by atoms with Gasteiger partial charge in [-0.05, 0) is 17.7 Å². The molecule has 0 spiro atoms. The van der Waals surface area contributed by atoms with Gasteiger partial charge in [0.2, 0.25) is 0 Å². The summed E-state index contributed by atoms with van der Waals surface area (Å²) >= 11 is 5.94. The molecule has 0 radical (unpaired) electrons. The fraction of sp³-hybridized carbons (Fsp3) is 0.167. The highest BCUT2D eigenvalue weighted by atomic mass is 35.5. The summed E-state index contributed by atoms with van der Waals surface area (Å²) in [5, 5.41) is 4.62. The van der Waals surface area contributed by atoms with Crippen LogP contribution in [-0.4, -0.2) is 22.9 Å². The van der Waals surface area contributed by atoms with Gasteiger partial charge in [0.25, 0.3) is 0 Å². The van der Waals surface area contributed by atoms with Crippen molar-refractivity contribution >= 4 is 23.4 Å². The number of hydrogen-bond donors (Lipinski definition) is 1. The normalized spacial score (nSPS) is 10.4. The number of aromatic nitrogens is 2.